The molecular weight excluding hydrogens is 1040 g/mol. The number of benzene rings is 13. The van der Waals surface area contributed by atoms with Crippen molar-refractivity contribution in [3.8, 4) is 56.1 Å². The molecule has 0 radical (unpaired) electrons. The van der Waals surface area contributed by atoms with Gasteiger partial charge >= 0.3 is 0 Å². The highest BCUT2D eigenvalue weighted by Crippen LogP contribution is 2.44. The van der Waals surface area contributed by atoms with Gasteiger partial charge in [0, 0.05) is 78.2 Å². The van der Waals surface area contributed by atoms with E-state index in [9.17, 15) is 0 Å². The van der Waals surface area contributed by atoms with Crippen molar-refractivity contribution in [3.63, 3.8) is 0 Å². The van der Waals surface area contributed by atoms with Gasteiger partial charge in [-0.3, -0.25) is 0 Å². The lowest BCUT2D eigenvalue weighted by atomic mass is 10.0. The molecule has 6 heteroatoms. The first kappa shape index (κ1) is 50.2. The topological polar surface area (TPSA) is 42.1 Å². The molecule has 3 heterocycles. The number of nitrogens with zero attached hydrogens (tertiary/aromatic N) is 6. The van der Waals surface area contributed by atoms with E-state index in [-0.39, 0.29) is 0 Å². The third kappa shape index (κ3) is 8.92. The van der Waals surface area contributed by atoms with Crippen LogP contribution in [0.5, 0.6) is 0 Å². The fraction of sp³-hybridized carbons (Fsp3) is 0. The summed E-state index contributed by atoms with van der Waals surface area (Å²) in [5.74, 6) is 0. The highest BCUT2D eigenvalue weighted by molar-refractivity contribution is 6.12. The number of rotatable bonds is 12. The van der Waals surface area contributed by atoms with Gasteiger partial charge < -0.3 is 18.9 Å². The number of hydrogen-bond donors (Lipinski definition) is 0. The number of para-hydroxylation sites is 6. The van der Waals surface area contributed by atoms with E-state index in [1.54, 1.807) is 0 Å². The molecule has 0 unspecified atom stereocenters. The maximum atomic E-state index is 5.39. The largest absolute Gasteiger partial charge is 0.310 e. The van der Waals surface area contributed by atoms with Gasteiger partial charge in [-0.2, -0.15) is 0 Å². The molecule has 16 aromatic rings. The van der Waals surface area contributed by atoms with Crippen LogP contribution in [0.4, 0.5) is 34.1 Å². The Bertz CT molecular complexity index is 4830. The van der Waals surface area contributed by atoms with E-state index in [0.29, 0.717) is 0 Å². The van der Waals surface area contributed by atoms with Crippen LogP contribution >= 0.6 is 0 Å². The highest BCUT2D eigenvalue weighted by atomic mass is 15.1. The van der Waals surface area contributed by atoms with Crippen LogP contribution in [0.25, 0.3) is 111 Å². The van der Waals surface area contributed by atoms with Gasteiger partial charge in [-0.1, -0.05) is 194 Å². The summed E-state index contributed by atoms with van der Waals surface area (Å²) < 4.78 is 4.79. The molecule has 3 aromatic heterocycles. The first-order valence-corrected chi connectivity index (χ1v) is 29.2. The minimum absolute atomic E-state index is 0.816. The molecule has 0 saturated carbocycles. The minimum Gasteiger partial charge on any atom is -0.310 e. The van der Waals surface area contributed by atoms with E-state index in [4.69, 9.17) is 9.97 Å². The molecule has 0 bridgehead atoms. The summed E-state index contributed by atoms with van der Waals surface area (Å²) in [6, 6.07) is 117. The normalized spacial score (nSPS) is 11.5. The summed E-state index contributed by atoms with van der Waals surface area (Å²) in [5.41, 5.74) is 23.2. The second kappa shape index (κ2) is 21.3. The smallest absolute Gasteiger partial charge is 0.0973 e. The van der Waals surface area contributed by atoms with Crippen LogP contribution < -0.4 is 9.80 Å². The van der Waals surface area contributed by atoms with E-state index < -0.39 is 0 Å². The van der Waals surface area contributed by atoms with Crippen LogP contribution in [0.3, 0.4) is 0 Å². The Hall–Kier alpha value is -11.6. The number of fused-ring (bicyclic) bond motifs is 7. The second-order valence-corrected chi connectivity index (χ2v) is 21.8. The summed E-state index contributed by atoms with van der Waals surface area (Å²) >= 11 is 0. The van der Waals surface area contributed by atoms with E-state index in [1.807, 2.05) is 24.3 Å². The first-order chi connectivity index (χ1) is 42.6. The van der Waals surface area contributed by atoms with Crippen molar-refractivity contribution in [2.24, 2.45) is 0 Å². The van der Waals surface area contributed by atoms with E-state index in [0.717, 1.165) is 101 Å². The molecule has 0 atom stereocenters. The molecule has 6 nitrogen and oxygen atoms in total. The molecule has 0 aliphatic heterocycles. The second-order valence-electron chi connectivity index (χ2n) is 21.8. The molecule has 13 aromatic carbocycles. The molecule has 0 saturated heterocycles. The molecule has 86 heavy (non-hydrogen) atoms. The fourth-order valence-corrected chi connectivity index (χ4v) is 12.7. The average Bonchev–Trinajstić information content (AvgIpc) is 1.93. The summed E-state index contributed by atoms with van der Waals surface area (Å²) in [4.78, 5) is 15.5. The van der Waals surface area contributed by atoms with E-state index in [2.05, 4.69) is 322 Å². The monoisotopic (exact) mass is 1100 g/mol. The minimum atomic E-state index is 0.816. The van der Waals surface area contributed by atoms with Crippen LogP contribution in [0, 0.1) is 0 Å². The van der Waals surface area contributed by atoms with Crippen LogP contribution in [0.15, 0.2) is 328 Å². The van der Waals surface area contributed by atoms with Crippen molar-refractivity contribution in [1.29, 1.82) is 0 Å². The van der Waals surface area contributed by atoms with Gasteiger partial charge in [0.05, 0.1) is 44.5 Å². The quantitative estimate of drug-likeness (QED) is 0.122. The van der Waals surface area contributed by atoms with E-state index in [1.165, 1.54) is 43.8 Å². The van der Waals surface area contributed by atoms with Crippen molar-refractivity contribution in [2.45, 2.75) is 0 Å². The number of hydrogen-bond acceptors (Lipinski definition) is 4. The maximum Gasteiger partial charge on any atom is 0.0973 e. The number of anilines is 6. The molecule has 0 amide bonds. The van der Waals surface area contributed by atoms with Crippen molar-refractivity contribution in [2.75, 3.05) is 9.80 Å². The van der Waals surface area contributed by atoms with Gasteiger partial charge in [-0.15, -0.1) is 0 Å². The third-order valence-electron chi connectivity index (χ3n) is 16.6. The Morgan fingerprint density at radius 2 is 0.535 bits per heavy atom. The molecule has 0 spiro atoms. The zero-order valence-corrected chi connectivity index (χ0v) is 46.9. The van der Waals surface area contributed by atoms with Gasteiger partial charge in [-0.25, -0.2) is 9.97 Å². The van der Waals surface area contributed by atoms with Crippen molar-refractivity contribution < 1.29 is 0 Å². The first-order valence-electron chi connectivity index (χ1n) is 29.2. The van der Waals surface area contributed by atoms with Gasteiger partial charge in [0.2, 0.25) is 0 Å². The average molecular weight is 1100 g/mol. The summed E-state index contributed by atoms with van der Waals surface area (Å²) in [6.07, 6.45) is 0. The standard InChI is InChI=1S/C80H54N6/c1-5-21-55(22-6-1)59-25-19-31-65(51-59)85-75-37-17-13-33-69(75)71-53-67(47-49-77(71)85)83(61-27-9-3-10-28-61)63-43-39-57(40-44-63)79-80(82-74-36-16-15-35-73(74)81-79)58-41-45-64(46-42-58)84(62-29-11-4-12-30-62)68-48-50-78-72(54-68)70-34-14-18-38-76(70)86(78)66-32-20-26-60(52-66)56-23-7-2-8-24-56/h1-54H. The molecule has 0 aliphatic rings. The van der Waals surface area contributed by atoms with E-state index >= 15 is 0 Å². The van der Waals surface area contributed by atoms with Gasteiger partial charge in [0.25, 0.3) is 0 Å². The lowest BCUT2D eigenvalue weighted by Crippen LogP contribution is -2.10. The van der Waals surface area contributed by atoms with Crippen molar-refractivity contribution >= 4 is 88.8 Å². The molecule has 0 aliphatic carbocycles. The Morgan fingerprint density at radius 1 is 0.209 bits per heavy atom. The molecular formula is C80H54N6. The highest BCUT2D eigenvalue weighted by Gasteiger charge is 2.22. The molecule has 0 fully saturated rings. The maximum absolute atomic E-state index is 5.39. The Balaban J connectivity index is 0.765. The van der Waals surface area contributed by atoms with Gasteiger partial charge in [0.1, 0.15) is 0 Å². The Morgan fingerprint density at radius 3 is 0.953 bits per heavy atom. The third-order valence-corrected chi connectivity index (χ3v) is 16.6. The predicted molar refractivity (Wildman–Crippen MR) is 359 cm³/mol. The summed E-state index contributed by atoms with van der Waals surface area (Å²) in [6.45, 7) is 0. The summed E-state index contributed by atoms with van der Waals surface area (Å²) in [7, 11) is 0. The Kier molecular flexibility index (Phi) is 12.4. The van der Waals surface area contributed by atoms with Crippen LogP contribution in [0.2, 0.25) is 0 Å². The van der Waals surface area contributed by atoms with Crippen molar-refractivity contribution in [3.05, 3.63) is 328 Å². The zero-order chi connectivity index (χ0) is 56.9. The van der Waals surface area contributed by atoms with Crippen LogP contribution in [-0.4, -0.2) is 19.1 Å². The fourth-order valence-electron chi connectivity index (χ4n) is 12.7. The SMILES string of the molecule is c1ccc(-c2cccc(-n3c4ccccc4c4cc(N(c5ccccc5)c5ccc(-c6nc7ccccc7nc6-c6ccc(N(c7ccccc7)c7ccc8c(c7)c7ccccc7n8-c7cccc(-c8ccccc8)c7)cc6)cc5)ccc43)c2)cc1. The lowest BCUT2D eigenvalue weighted by molar-refractivity contribution is 1.18. The lowest BCUT2D eigenvalue weighted by Gasteiger charge is -2.26. The zero-order valence-electron chi connectivity index (χ0n) is 46.9. The van der Waals surface area contributed by atoms with Crippen molar-refractivity contribution in [1.82, 2.24) is 19.1 Å². The number of aromatic nitrogens is 4. The molecule has 0 N–H and O–H groups in total. The molecule has 16 rings (SSSR count). The predicted octanol–water partition coefficient (Wildman–Crippen LogP) is 21.4. The van der Waals surface area contributed by atoms with Gasteiger partial charge in [0.15, 0.2) is 0 Å². The van der Waals surface area contributed by atoms with Crippen LogP contribution in [0.1, 0.15) is 0 Å². The van der Waals surface area contributed by atoms with Gasteiger partial charge in [-0.05, 0) is 156 Å². The molecule has 404 valence electrons. The Labute approximate surface area is 498 Å². The van der Waals surface area contributed by atoms with Crippen LogP contribution in [-0.2, 0) is 0 Å². The summed E-state index contributed by atoms with van der Waals surface area (Å²) in [5, 5.41) is 4.76.